The number of aromatic nitrogens is 1. The summed E-state index contributed by atoms with van der Waals surface area (Å²) in [7, 11) is 0. The number of nitriles is 1. The van der Waals surface area contributed by atoms with Crippen molar-refractivity contribution in [1.29, 1.82) is 5.26 Å². The number of hydrogen-bond donors (Lipinski definition) is 1. The Balaban J connectivity index is 3.46. The van der Waals surface area contributed by atoms with Crippen LogP contribution in [0.3, 0.4) is 0 Å². The summed E-state index contributed by atoms with van der Waals surface area (Å²) in [5.41, 5.74) is -0.724. The summed E-state index contributed by atoms with van der Waals surface area (Å²) in [5.74, 6) is 0. The molecular formula is C8H5F2IN2O. The van der Waals surface area contributed by atoms with E-state index in [0.29, 0.717) is 3.57 Å². The fraction of sp³-hybridized carbons (Fsp3) is 0.250. The molecule has 0 atom stereocenters. The predicted octanol–water partition coefficient (Wildman–Crippen LogP) is 1.99. The first-order chi connectivity index (χ1) is 6.61. The Morgan fingerprint density at radius 2 is 2.29 bits per heavy atom. The first kappa shape index (κ1) is 11.3. The number of nitrogens with zero attached hydrogens (tertiary/aromatic N) is 2. The second-order valence-electron chi connectivity index (χ2n) is 2.42. The molecule has 14 heavy (non-hydrogen) atoms. The highest BCUT2D eigenvalue weighted by Gasteiger charge is 2.20. The van der Waals surface area contributed by atoms with Crippen LogP contribution >= 0.6 is 22.6 Å². The zero-order valence-electron chi connectivity index (χ0n) is 6.84. The van der Waals surface area contributed by atoms with Crippen LogP contribution in [0.4, 0.5) is 8.78 Å². The molecular weight excluding hydrogens is 305 g/mol. The van der Waals surface area contributed by atoms with E-state index in [9.17, 15) is 8.78 Å². The predicted molar refractivity (Wildman–Crippen MR) is 52.5 cm³/mol. The van der Waals surface area contributed by atoms with Gasteiger partial charge in [0.05, 0.1) is 12.2 Å². The molecule has 6 heteroatoms. The van der Waals surface area contributed by atoms with Crippen LogP contribution < -0.4 is 0 Å². The number of pyridine rings is 1. The highest BCUT2D eigenvalue weighted by Crippen LogP contribution is 2.28. The van der Waals surface area contributed by atoms with E-state index in [1.54, 1.807) is 28.7 Å². The van der Waals surface area contributed by atoms with Gasteiger partial charge in [0, 0.05) is 15.3 Å². The SMILES string of the molecule is N#Cc1ncc(I)c(CO)c1C(F)F. The molecule has 0 spiro atoms. The van der Waals surface area contributed by atoms with Gasteiger partial charge in [0.1, 0.15) is 11.8 Å². The summed E-state index contributed by atoms with van der Waals surface area (Å²) in [5, 5.41) is 17.4. The lowest BCUT2D eigenvalue weighted by atomic mass is 10.1. The number of halogens is 3. The third kappa shape index (κ3) is 1.99. The number of alkyl halides is 2. The number of hydrogen-bond acceptors (Lipinski definition) is 3. The fourth-order valence-corrected chi connectivity index (χ4v) is 1.63. The molecule has 1 aromatic heterocycles. The Bertz CT molecular complexity index is 390. The van der Waals surface area contributed by atoms with Crippen molar-refractivity contribution in [2.75, 3.05) is 0 Å². The van der Waals surface area contributed by atoms with Gasteiger partial charge < -0.3 is 5.11 Å². The number of rotatable bonds is 2. The van der Waals surface area contributed by atoms with Crippen LogP contribution in [0.5, 0.6) is 0 Å². The molecule has 0 aliphatic heterocycles. The molecule has 1 aromatic rings. The maximum Gasteiger partial charge on any atom is 0.267 e. The normalized spacial score (nSPS) is 10.3. The van der Waals surface area contributed by atoms with Crippen LogP contribution in [0.25, 0.3) is 0 Å². The molecule has 1 N–H and O–H groups in total. The second kappa shape index (κ2) is 4.61. The number of aliphatic hydroxyl groups excluding tert-OH is 1. The molecule has 0 saturated carbocycles. The Morgan fingerprint density at radius 3 is 2.71 bits per heavy atom. The Labute approximate surface area is 92.5 Å². The molecule has 0 aliphatic rings. The first-order valence-corrected chi connectivity index (χ1v) is 4.66. The van der Waals surface area contributed by atoms with Crippen LogP contribution in [0, 0.1) is 14.9 Å². The largest absolute Gasteiger partial charge is 0.392 e. The average Bonchev–Trinajstić information content (AvgIpc) is 2.17. The fourth-order valence-electron chi connectivity index (χ4n) is 1.03. The lowest BCUT2D eigenvalue weighted by Crippen LogP contribution is -2.03. The van der Waals surface area contributed by atoms with E-state index in [1.165, 1.54) is 6.20 Å². The van der Waals surface area contributed by atoms with Crippen LogP contribution in [0.1, 0.15) is 23.2 Å². The Kier molecular flexibility index (Phi) is 3.71. The highest BCUT2D eigenvalue weighted by molar-refractivity contribution is 14.1. The van der Waals surface area contributed by atoms with Crippen molar-refractivity contribution in [2.24, 2.45) is 0 Å². The van der Waals surface area contributed by atoms with Crippen LogP contribution in [-0.2, 0) is 6.61 Å². The van der Waals surface area contributed by atoms with Crippen molar-refractivity contribution in [2.45, 2.75) is 13.0 Å². The van der Waals surface area contributed by atoms with E-state index >= 15 is 0 Å². The lowest BCUT2D eigenvalue weighted by molar-refractivity contribution is 0.146. The van der Waals surface area contributed by atoms with E-state index in [-0.39, 0.29) is 11.3 Å². The molecule has 1 rings (SSSR count). The van der Waals surface area contributed by atoms with Gasteiger partial charge in [0.2, 0.25) is 0 Å². The molecule has 0 aromatic carbocycles. The van der Waals surface area contributed by atoms with E-state index in [1.807, 2.05) is 0 Å². The van der Waals surface area contributed by atoms with Gasteiger partial charge in [-0.15, -0.1) is 0 Å². The molecule has 0 fully saturated rings. The summed E-state index contributed by atoms with van der Waals surface area (Å²) in [6.45, 7) is -0.519. The minimum absolute atomic E-state index is 0.0761. The molecule has 0 aliphatic carbocycles. The third-order valence-electron chi connectivity index (χ3n) is 1.66. The van der Waals surface area contributed by atoms with Gasteiger partial charge in [-0.05, 0) is 22.6 Å². The molecule has 0 saturated heterocycles. The highest BCUT2D eigenvalue weighted by atomic mass is 127. The van der Waals surface area contributed by atoms with Gasteiger partial charge in [-0.2, -0.15) is 5.26 Å². The van der Waals surface area contributed by atoms with Crippen molar-refractivity contribution in [3.63, 3.8) is 0 Å². The zero-order valence-corrected chi connectivity index (χ0v) is 8.99. The summed E-state index contributed by atoms with van der Waals surface area (Å²) < 4.78 is 25.5. The molecule has 1 heterocycles. The molecule has 0 radical (unpaired) electrons. The summed E-state index contributed by atoms with van der Waals surface area (Å²) in [6, 6.07) is 1.57. The molecule has 0 unspecified atom stereocenters. The monoisotopic (exact) mass is 310 g/mol. The van der Waals surface area contributed by atoms with Crippen molar-refractivity contribution >= 4 is 22.6 Å². The lowest BCUT2D eigenvalue weighted by Gasteiger charge is -2.09. The second-order valence-corrected chi connectivity index (χ2v) is 3.58. The minimum Gasteiger partial charge on any atom is -0.392 e. The average molecular weight is 310 g/mol. The standard InChI is InChI=1S/C8H5F2IN2O/c9-8(10)7-4(3-14)5(11)2-13-6(7)1-12/h2,8,14H,3H2. The van der Waals surface area contributed by atoms with Crippen LogP contribution in [0.2, 0.25) is 0 Å². The smallest absolute Gasteiger partial charge is 0.267 e. The molecule has 74 valence electrons. The summed E-state index contributed by atoms with van der Waals surface area (Å²) in [4.78, 5) is 3.57. The van der Waals surface area contributed by atoms with E-state index < -0.39 is 18.6 Å². The van der Waals surface area contributed by atoms with Gasteiger partial charge >= 0.3 is 0 Å². The van der Waals surface area contributed by atoms with Gasteiger partial charge in [-0.3, -0.25) is 0 Å². The summed E-state index contributed by atoms with van der Waals surface area (Å²) in [6.07, 6.45) is -1.51. The zero-order chi connectivity index (χ0) is 10.7. The molecule has 0 bridgehead atoms. The topological polar surface area (TPSA) is 56.9 Å². The maximum absolute atomic E-state index is 12.5. The minimum atomic E-state index is -2.80. The Hall–Kier alpha value is -0.810. The van der Waals surface area contributed by atoms with Crippen LogP contribution in [0.15, 0.2) is 6.20 Å². The Morgan fingerprint density at radius 1 is 1.64 bits per heavy atom. The van der Waals surface area contributed by atoms with Crippen LogP contribution in [-0.4, -0.2) is 10.1 Å². The summed E-state index contributed by atoms with van der Waals surface area (Å²) >= 11 is 1.79. The van der Waals surface area contributed by atoms with E-state index in [2.05, 4.69) is 4.98 Å². The van der Waals surface area contributed by atoms with Crippen molar-refractivity contribution in [3.8, 4) is 6.07 Å². The van der Waals surface area contributed by atoms with Gasteiger partial charge in [-0.1, -0.05) is 0 Å². The third-order valence-corrected chi connectivity index (χ3v) is 2.59. The van der Waals surface area contributed by atoms with Crippen molar-refractivity contribution in [1.82, 2.24) is 4.98 Å². The number of aliphatic hydroxyl groups is 1. The van der Waals surface area contributed by atoms with Gasteiger partial charge in [0.25, 0.3) is 6.43 Å². The molecule has 3 nitrogen and oxygen atoms in total. The quantitative estimate of drug-likeness (QED) is 0.850. The van der Waals surface area contributed by atoms with Crippen molar-refractivity contribution in [3.05, 3.63) is 26.6 Å². The van der Waals surface area contributed by atoms with E-state index in [0.717, 1.165) is 0 Å². The van der Waals surface area contributed by atoms with Crippen molar-refractivity contribution < 1.29 is 13.9 Å². The first-order valence-electron chi connectivity index (χ1n) is 3.58. The van der Waals surface area contributed by atoms with E-state index in [4.69, 9.17) is 10.4 Å². The van der Waals surface area contributed by atoms with Gasteiger partial charge in [-0.25, -0.2) is 13.8 Å². The molecule has 0 amide bonds. The maximum atomic E-state index is 12.5. The van der Waals surface area contributed by atoms with Gasteiger partial charge in [0.15, 0.2) is 0 Å².